The Labute approximate surface area is 157 Å². The van der Waals surface area contributed by atoms with Gasteiger partial charge in [0.2, 0.25) is 0 Å². The molecule has 0 bridgehead atoms. The van der Waals surface area contributed by atoms with Crippen LogP contribution in [-0.2, 0) is 16.0 Å². The molecule has 0 saturated carbocycles. The highest BCUT2D eigenvalue weighted by Gasteiger charge is 2.34. The van der Waals surface area contributed by atoms with Gasteiger partial charge in [0.15, 0.2) is 0 Å². The number of carbonyl (C=O) groups excluding carboxylic acids is 3. The van der Waals surface area contributed by atoms with Gasteiger partial charge in [-0.25, -0.2) is 0 Å². The normalized spacial score (nSPS) is 12.9. The van der Waals surface area contributed by atoms with E-state index in [9.17, 15) is 14.4 Å². The minimum Gasteiger partial charge on any atom is -0.497 e. The summed E-state index contributed by atoms with van der Waals surface area (Å²) in [6, 6.07) is 14.3. The van der Waals surface area contributed by atoms with Crippen LogP contribution in [0.3, 0.4) is 0 Å². The van der Waals surface area contributed by atoms with Crippen LogP contribution in [0.15, 0.2) is 48.5 Å². The van der Waals surface area contributed by atoms with E-state index in [1.54, 1.807) is 31.4 Å². The zero-order chi connectivity index (χ0) is 19.2. The molecule has 1 aliphatic heterocycles. The number of fused-ring (bicyclic) bond motifs is 1. The van der Waals surface area contributed by atoms with Gasteiger partial charge in [0.1, 0.15) is 5.75 Å². The van der Waals surface area contributed by atoms with E-state index in [-0.39, 0.29) is 37.4 Å². The molecule has 0 unspecified atom stereocenters. The van der Waals surface area contributed by atoms with Gasteiger partial charge in [0.25, 0.3) is 11.8 Å². The average molecular weight is 367 g/mol. The largest absolute Gasteiger partial charge is 0.497 e. The predicted octanol–water partition coefficient (Wildman–Crippen LogP) is 2.86. The number of rotatable bonds is 8. The van der Waals surface area contributed by atoms with E-state index in [0.29, 0.717) is 24.0 Å². The molecule has 2 amide bonds. The summed E-state index contributed by atoms with van der Waals surface area (Å²) >= 11 is 0. The monoisotopic (exact) mass is 367 g/mol. The first kappa shape index (κ1) is 18.6. The maximum absolute atomic E-state index is 12.2. The van der Waals surface area contributed by atoms with E-state index >= 15 is 0 Å². The van der Waals surface area contributed by atoms with Crippen LogP contribution in [0.2, 0.25) is 0 Å². The van der Waals surface area contributed by atoms with Crippen LogP contribution < -0.4 is 4.74 Å². The van der Waals surface area contributed by atoms with Crippen LogP contribution in [0.25, 0.3) is 0 Å². The standard InChI is InChI=1S/C21H21NO5/c1-26-16-10-8-15(9-11-16)12-14-27-19(23)7-4-13-22-20(24)17-5-2-3-6-18(17)21(22)25/h2-3,5-6,8-11H,4,7,12-14H2,1H3. The Morgan fingerprint density at radius 1 is 0.963 bits per heavy atom. The Hall–Kier alpha value is -3.15. The lowest BCUT2D eigenvalue weighted by molar-refractivity contribution is -0.143. The highest BCUT2D eigenvalue weighted by Crippen LogP contribution is 2.22. The van der Waals surface area contributed by atoms with Gasteiger partial charge in [-0.1, -0.05) is 24.3 Å². The Morgan fingerprint density at radius 2 is 1.59 bits per heavy atom. The molecule has 140 valence electrons. The smallest absolute Gasteiger partial charge is 0.305 e. The highest BCUT2D eigenvalue weighted by atomic mass is 16.5. The van der Waals surface area contributed by atoms with Crippen molar-refractivity contribution < 1.29 is 23.9 Å². The van der Waals surface area contributed by atoms with Gasteiger partial charge in [-0.2, -0.15) is 0 Å². The van der Waals surface area contributed by atoms with E-state index in [1.807, 2.05) is 24.3 Å². The SMILES string of the molecule is COc1ccc(CCOC(=O)CCCN2C(=O)c3ccccc3C2=O)cc1. The van der Waals surface area contributed by atoms with Gasteiger partial charge in [0.05, 0.1) is 24.8 Å². The summed E-state index contributed by atoms with van der Waals surface area (Å²) in [6.07, 6.45) is 1.16. The van der Waals surface area contributed by atoms with Crippen LogP contribution in [0.4, 0.5) is 0 Å². The second-order valence-electron chi connectivity index (χ2n) is 6.23. The molecule has 0 aliphatic carbocycles. The third-order valence-corrected chi connectivity index (χ3v) is 4.45. The van der Waals surface area contributed by atoms with Gasteiger partial charge in [0, 0.05) is 19.4 Å². The number of esters is 1. The van der Waals surface area contributed by atoms with Crippen molar-refractivity contribution in [1.29, 1.82) is 0 Å². The van der Waals surface area contributed by atoms with Gasteiger partial charge in [-0.05, 0) is 36.2 Å². The van der Waals surface area contributed by atoms with Crippen molar-refractivity contribution in [3.05, 3.63) is 65.2 Å². The number of ether oxygens (including phenoxy) is 2. The topological polar surface area (TPSA) is 72.9 Å². The molecule has 1 heterocycles. The summed E-state index contributed by atoms with van der Waals surface area (Å²) in [6.45, 7) is 0.498. The molecule has 3 rings (SSSR count). The number of hydrogen-bond donors (Lipinski definition) is 0. The van der Waals surface area contributed by atoms with E-state index < -0.39 is 0 Å². The summed E-state index contributed by atoms with van der Waals surface area (Å²) in [5, 5.41) is 0. The number of benzene rings is 2. The predicted molar refractivity (Wildman–Crippen MR) is 98.7 cm³/mol. The van der Waals surface area contributed by atoms with Crippen molar-refractivity contribution in [3.63, 3.8) is 0 Å². The first-order valence-electron chi connectivity index (χ1n) is 8.84. The van der Waals surface area contributed by atoms with Gasteiger partial charge in [-0.3, -0.25) is 19.3 Å². The van der Waals surface area contributed by atoms with Crippen molar-refractivity contribution in [1.82, 2.24) is 4.90 Å². The van der Waals surface area contributed by atoms with Gasteiger partial charge in [-0.15, -0.1) is 0 Å². The minimum absolute atomic E-state index is 0.163. The van der Waals surface area contributed by atoms with E-state index in [0.717, 1.165) is 11.3 Å². The molecular formula is C21H21NO5. The first-order valence-corrected chi connectivity index (χ1v) is 8.84. The third-order valence-electron chi connectivity index (χ3n) is 4.45. The highest BCUT2D eigenvalue weighted by molar-refractivity contribution is 6.21. The maximum atomic E-state index is 12.2. The summed E-state index contributed by atoms with van der Waals surface area (Å²) in [5.74, 6) is -0.157. The molecule has 0 aromatic heterocycles. The van der Waals surface area contributed by atoms with E-state index in [2.05, 4.69) is 0 Å². The number of amides is 2. The molecule has 0 fully saturated rings. The quantitative estimate of drug-likeness (QED) is 0.530. The second-order valence-corrected chi connectivity index (χ2v) is 6.23. The summed E-state index contributed by atoms with van der Waals surface area (Å²) in [5.41, 5.74) is 1.89. The van der Waals surface area contributed by atoms with Crippen molar-refractivity contribution in [3.8, 4) is 5.75 Å². The zero-order valence-corrected chi connectivity index (χ0v) is 15.1. The minimum atomic E-state index is -0.333. The lowest BCUT2D eigenvalue weighted by Crippen LogP contribution is -2.31. The molecule has 2 aromatic rings. The third kappa shape index (κ3) is 4.34. The Bertz CT molecular complexity index is 809. The number of imide groups is 1. The number of nitrogens with zero attached hydrogens (tertiary/aromatic N) is 1. The first-order chi connectivity index (χ1) is 13.1. The number of hydrogen-bond acceptors (Lipinski definition) is 5. The average Bonchev–Trinajstić information content (AvgIpc) is 2.94. The van der Waals surface area contributed by atoms with Crippen molar-refractivity contribution >= 4 is 17.8 Å². The fourth-order valence-electron chi connectivity index (χ4n) is 2.97. The summed E-state index contributed by atoms with van der Waals surface area (Å²) < 4.78 is 10.3. The zero-order valence-electron chi connectivity index (χ0n) is 15.1. The van der Waals surface area contributed by atoms with Gasteiger partial charge < -0.3 is 9.47 Å². The molecule has 6 nitrogen and oxygen atoms in total. The van der Waals surface area contributed by atoms with Crippen molar-refractivity contribution in [2.75, 3.05) is 20.3 Å². The molecular weight excluding hydrogens is 346 g/mol. The lowest BCUT2D eigenvalue weighted by atomic mass is 10.1. The van der Waals surface area contributed by atoms with Crippen molar-refractivity contribution in [2.24, 2.45) is 0 Å². The molecule has 0 saturated heterocycles. The van der Waals surface area contributed by atoms with Crippen LogP contribution in [0.1, 0.15) is 39.1 Å². The fourth-order valence-corrected chi connectivity index (χ4v) is 2.97. The second kappa shape index (κ2) is 8.49. The molecule has 1 aliphatic rings. The Kier molecular flexibility index (Phi) is 5.86. The Morgan fingerprint density at radius 3 is 2.19 bits per heavy atom. The van der Waals surface area contributed by atoms with Crippen LogP contribution in [0.5, 0.6) is 5.75 Å². The van der Waals surface area contributed by atoms with E-state index in [4.69, 9.17) is 9.47 Å². The molecule has 0 atom stereocenters. The molecule has 2 aromatic carbocycles. The Balaban J connectivity index is 1.38. The number of methoxy groups -OCH3 is 1. The molecule has 0 spiro atoms. The van der Waals surface area contributed by atoms with E-state index in [1.165, 1.54) is 4.90 Å². The van der Waals surface area contributed by atoms with Crippen LogP contribution >= 0.6 is 0 Å². The maximum Gasteiger partial charge on any atom is 0.305 e. The molecule has 0 radical (unpaired) electrons. The number of carbonyl (C=O) groups is 3. The fraction of sp³-hybridized carbons (Fsp3) is 0.286. The van der Waals surface area contributed by atoms with Crippen molar-refractivity contribution in [2.45, 2.75) is 19.3 Å². The van der Waals surface area contributed by atoms with Crippen LogP contribution in [-0.4, -0.2) is 42.9 Å². The molecule has 6 heteroatoms. The molecule has 27 heavy (non-hydrogen) atoms. The van der Waals surface area contributed by atoms with Gasteiger partial charge >= 0.3 is 5.97 Å². The summed E-state index contributed by atoms with van der Waals surface area (Å²) in [7, 11) is 1.61. The molecule has 0 N–H and O–H groups in total. The van der Waals surface area contributed by atoms with Crippen LogP contribution in [0, 0.1) is 0 Å². The lowest BCUT2D eigenvalue weighted by Gasteiger charge is -2.13. The summed E-state index contributed by atoms with van der Waals surface area (Å²) in [4.78, 5) is 37.5.